The van der Waals surface area contributed by atoms with Gasteiger partial charge >= 0.3 is 0 Å². The summed E-state index contributed by atoms with van der Waals surface area (Å²) in [6, 6.07) is 6.95. The normalized spacial score (nSPS) is 12.6. The van der Waals surface area contributed by atoms with Gasteiger partial charge in [-0.3, -0.25) is 0 Å². The van der Waals surface area contributed by atoms with Crippen molar-refractivity contribution in [3.63, 3.8) is 0 Å². The van der Waals surface area contributed by atoms with Gasteiger partial charge in [0.2, 0.25) is 0 Å². The first-order valence-electron chi connectivity index (χ1n) is 6.54. The molecule has 0 spiro atoms. The Labute approximate surface area is 114 Å². The first kappa shape index (κ1) is 13.7. The predicted molar refractivity (Wildman–Crippen MR) is 75.0 cm³/mol. The Morgan fingerprint density at radius 1 is 1.21 bits per heavy atom. The lowest BCUT2D eigenvalue weighted by Gasteiger charge is -2.15. The van der Waals surface area contributed by atoms with E-state index in [1.54, 1.807) is 7.05 Å². The summed E-state index contributed by atoms with van der Waals surface area (Å²) in [6.07, 6.45) is 1.76. The highest BCUT2D eigenvalue weighted by Gasteiger charge is 2.12. The molecule has 0 aliphatic carbocycles. The van der Waals surface area contributed by atoms with Crippen molar-refractivity contribution in [2.45, 2.75) is 32.7 Å². The molecule has 1 unspecified atom stereocenters. The van der Waals surface area contributed by atoms with Crippen molar-refractivity contribution in [2.75, 3.05) is 7.05 Å². The van der Waals surface area contributed by atoms with Gasteiger partial charge in [0.15, 0.2) is 5.82 Å². The number of hydrogen-bond donors (Lipinski definition) is 1. The van der Waals surface area contributed by atoms with Crippen LogP contribution in [0, 0.1) is 13.8 Å². The molecule has 0 aliphatic heterocycles. The molecule has 0 saturated heterocycles. The number of hydrogen-bond acceptors (Lipinski definition) is 4. The van der Waals surface area contributed by atoms with Gasteiger partial charge in [0.1, 0.15) is 0 Å². The van der Waals surface area contributed by atoms with Gasteiger partial charge in [-0.2, -0.15) is 4.80 Å². The van der Waals surface area contributed by atoms with Crippen LogP contribution in [0.4, 0.5) is 0 Å². The summed E-state index contributed by atoms with van der Waals surface area (Å²) in [7, 11) is 3.76. The molecule has 0 aliphatic rings. The Bertz CT molecular complexity index is 547. The standard InChI is InChI=1S/C14H21N5/c1-10-5-6-12(7-11(10)2)8-13(15-3)9-14-16-18-19(4)17-14/h5-7,13,15H,8-9H2,1-4H3. The van der Waals surface area contributed by atoms with E-state index in [2.05, 4.69) is 52.8 Å². The molecule has 1 aromatic carbocycles. The van der Waals surface area contributed by atoms with Crippen molar-refractivity contribution in [3.05, 3.63) is 40.7 Å². The second-order valence-corrected chi connectivity index (χ2v) is 5.01. The van der Waals surface area contributed by atoms with E-state index in [1.807, 2.05) is 7.05 Å². The van der Waals surface area contributed by atoms with E-state index in [9.17, 15) is 0 Å². The van der Waals surface area contributed by atoms with Crippen molar-refractivity contribution in [3.8, 4) is 0 Å². The Morgan fingerprint density at radius 3 is 2.58 bits per heavy atom. The highest BCUT2D eigenvalue weighted by atomic mass is 15.6. The van der Waals surface area contributed by atoms with Crippen LogP contribution in [0.25, 0.3) is 0 Å². The summed E-state index contributed by atoms with van der Waals surface area (Å²) < 4.78 is 0. The fourth-order valence-corrected chi connectivity index (χ4v) is 2.12. The third-order valence-electron chi connectivity index (χ3n) is 3.44. The second-order valence-electron chi connectivity index (χ2n) is 5.01. The molecule has 0 amide bonds. The van der Waals surface area contributed by atoms with Crippen LogP contribution in [-0.2, 0) is 19.9 Å². The van der Waals surface area contributed by atoms with Crippen molar-refractivity contribution in [1.82, 2.24) is 25.5 Å². The number of benzene rings is 1. The van der Waals surface area contributed by atoms with E-state index in [-0.39, 0.29) is 0 Å². The zero-order chi connectivity index (χ0) is 13.8. The minimum Gasteiger partial charge on any atom is -0.316 e. The fraction of sp³-hybridized carbons (Fsp3) is 0.500. The van der Waals surface area contributed by atoms with E-state index in [0.717, 1.165) is 18.7 Å². The van der Waals surface area contributed by atoms with Gasteiger partial charge in [-0.15, -0.1) is 10.2 Å². The van der Waals surface area contributed by atoms with Crippen LogP contribution in [0.2, 0.25) is 0 Å². The third kappa shape index (κ3) is 3.61. The minimum atomic E-state index is 0.325. The average Bonchev–Trinajstić information content (AvgIpc) is 2.78. The van der Waals surface area contributed by atoms with Crippen molar-refractivity contribution >= 4 is 0 Å². The van der Waals surface area contributed by atoms with Gasteiger partial charge in [-0.05, 0) is 49.2 Å². The van der Waals surface area contributed by atoms with Crippen LogP contribution in [0.15, 0.2) is 18.2 Å². The van der Waals surface area contributed by atoms with E-state index in [1.165, 1.54) is 21.5 Å². The molecule has 2 rings (SSSR count). The first-order valence-corrected chi connectivity index (χ1v) is 6.54. The number of aromatic nitrogens is 4. The zero-order valence-electron chi connectivity index (χ0n) is 12.0. The van der Waals surface area contributed by atoms with E-state index in [0.29, 0.717) is 6.04 Å². The van der Waals surface area contributed by atoms with Crippen LogP contribution >= 0.6 is 0 Å². The Kier molecular flexibility index (Phi) is 4.27. The van der Waals surface area contributed by atoms with Crippen LogP contribution in [0.1, 0.15) is 22.5 Å². The molecular weight excluding hydrogens is 238 g/mol. The van der Waals surface area contributed by atoms with E-state index in [4.69, 9.17) is 0 Å². The molecule has 1 aromatic heterocycles. The SMILES string of the molecule is CNC(Cc1ccc(C)c(C)c1)Cc1nnn(C)n1. The molecule has 5 heteroatoms. The molecule has 0 bridgehead atoms. The number of likely N-dealkylation sites (N-methyl/N-ethyl adjacent to an activating group) is 1. The van der Waals surface area contributed by atoms with E-state index >= 15 is 0 Å². The third-order valence-corrected chi connectivity index (χ3v) is 3.44. The Balaban J connectivity index is 2.04. The summed E-state index contributed by atoms with van der Waals surface area (Å²) in [4.78, 5) is 1.50. The number of nitrogens with zero attached hydrogens (tertiary/aromatic N) is 4. The summed E-state index contributed by atoms with van der Waals surface area (Å²) in [5.41, 5.74) is 4.01. The maximum Gasteiger partial charge on any atom is 0.176 e. The lowest BCUT2D eigenvalue weighted by atomic mass is 9.99. The minimum absolute atomic E-state index is 0.325. The molecular formula is C14H21N5. The fourth-order valence-electron chi connectivity index (χ4n) is 2.12. The Morgan fingerprint density at radius 2 is 2.00 bits per heavy atom. The predicted octanol–water partition coefficient (Wildman–Crippen LogP) is 1.20. The monoisotopic (exact) mass is 259 g/mol. The lowest BCUT2D eigenvalue weighted by Crippen LogP contribution is -2.30. The summed E-state index contributed by atoms with van der Waals surface area (Å²) >= 11 is 0. The van der Waals surface area contributed by atoms with Crippen LogP contribution in [0.3, 0.4) is 0 Å². The number of aryl methyl sites for hydroxylation is 3. The van der Waals surface area contributed by atoms with Crippen molar-refractivity contribution < 1.29 is 0 Å². The first-order chi connectivity index (χ1) is 9.08. The van der Waals surface area contributed by atoms with E-state index < -0.39 is 0 Å². The highest BCUT2D eigenvalue weighted by molar-refractivity contribution is 5.30. The Hall–Kier alpha value is -1.75. The number of rotatable bonds is 5. The van der Waals surface area contributed by atoms with Gasteiger partial charge in [0, 0.05) is 12.5 Å². The maximum absolute atomic E-state index is 4.23. The van der Waals surface area contributed by atoms with Gasteiger partial charge in [-0.25, -0.2) is 0 Å². The molecule has 5 nitrogen and oxygen atoms in total. The molecule has 2 aromatic rings. The van der Waals surface area contributed by atoms with Gasteiger partial charge in [0.05, 0.1) is 7.05 Å². The van der Waals surface area contributed by atoms with Crippen molar-refractivity contribution in [2.24, 2.45) is 7.05 Å². The number of tetrazole rings is 1. The molecule has 1 atom stereocenters. The summed E-state index contributed by atoms with van der Waals surface area (Å²) in [6.45, 7) is 4.29. The quantitative estimate of drug-likeness (QED) is 0.876. The summed E-state index contributed by atoms with van der Waals surface area (Å²) in [5.74, 6) is 0.783. The molecule has 0 saturated carbocycles. The smallest absolute Gasteiger partial charge is 0.176 e. The lowest BCUT2D eigenvalue weighted by molar-refractivity contribution is 0.540. The number of nitrogens with one attached hydrogen (secondary N) is 1. The largest absolute Gasteiger partial charge is 0.316 e. The summed E-state index contributed by atoms with van der Waals surface area (Å²) in [5, 5.41) is 15.5. The molecule has 1 N–H and O–H groups in total. The van der Waals surface area contributed by atoms with Crippen LogP contribution in [-0.4, -0.2) is 33.3 Å². The van der Waals surface area contributed by atoms with Gasteiger partial charge in [-0.1, -0.05) is 18.2 Å². The topological polar surface area (TPSA) is 55.6 Å². The highest BCUT2D eigenvalue weighted by Crippen LogP contribution is 2.12. The average molecular weight is 259 g/mol. The maximum atomic E-state index is 4.23. The molecule has 0 fully saturated rings. The van der Waals surface area contributed by atoms with Gasteiger partial charge < -0.3 is 5.32 Å². The van der Waals surface area contributed by atoms with Crippen LogP contribution in [0.5, 0.6) is 0 Å². The molecule has 19 heavy (non-hydrogen) atoms. The molecule has 0 radical (unpaired) electrons. The second kappa shape index (κ2) is 5.93. The molecule has 102 valence electrons. The zero-order valence-corrected chi connectivity index (χ0v) is 12.0. The van der Waals surface area contributed by atoms with Crippen LogP contribution < -0.4 is 5.32 Å². The van der Waals surface area contributed by atoms with Gasteiger partial charge in [0.25, 0.3) is 0 Å². The van der Waals surface area contributed by atoms with Crippen molar-refractivity contribution in [1.29, 1.82) is 0 Å². The molecule has 1 heterocycles.